The zero-order valence-corrected chi connectivity index (χ0v) is 15.3. The number of likely N-dealkylation sites (tertiary alicyclic amines) is 1. The van der Waals surface area contributed by atoms with Crippen LogP contribution >= 0.6 is 11.3 Å². The van der Waals surface area contributed by atoms with Gasteiger partial charge < -0.3 is 4.90 Å². The monoisotopic (exact) mass is 365 g/mol. The smallest absolute Gasteiger partial charge is 0.257 e. The van der Waals surface area contributed by atoms with Crippen molar-refractivity contribution in [3.63, 3.8) is 0 Å². The molecule has 0 radical (unpaired) electrons. The van der Waals surface area contributed by atoms with E-state index < -0.39 is 0 Å². The van der Waals surface area contributed by atoms with Gasteiger partial charge >= 0.3 is 0 Å². The van der Waals surface area contributed by atoms with Crippen LogP contribution in [0.5, 0.6) is 0 Å². The number of fused-ring (bicyclic) bond motifs is 2. The molecule has 0 spiro atoms. The Kier molecular flexibility index (Phi) is 3.63. The van der Waals surface area contributed by atoms with E-state index in [0.29, 0.717) is 23.5 Å². The number of aromatic nitrogens is 4. The fourth-order valence-corrected chi connectivity index (χ4v) is 4.86. The van der Waals surface area contributed by atoms with Gasteiger partial charge in [-0.05, 0) is 49.6 Å². The van der Waals surface area contributed by atoms with E-state index >= 15 is 0 Å². The first-order valence-electron chi connectivity index (χ1n) is 8.93. The molecule has 2 bridgehead atoms. The zero-order chi connectivity index (χ0) is 17.7. The Labute approximate surface area is 155 Å². The van der Waals surface area contributed by atoms with Crippen molar-refractivity contribution in [2.75, 3.05) is 6.54 Å². The summed E-state index contributed by atoms with van der Waals surface area (Å²) in [4.78, 5) is 25.1. The number of piperidine rings is 1. The van der Waals surface area contributed by atoms with Crippen LogP contribution in [0.4, 0.5) is 0 Å². The highest BCUT2D eigenvalue weighted by Crippen LogP contribution is 2.38. The summed E-state index contributed by atoms with van der Waals surface area (Å²) in [6, 6.07) is 6.33. The number of carbonyl (C=O) groups excluding carboxylic acids is 1. The molecule has 0 aromatic carbocycles. The first-order chi connectivity index (χ1) is 12.7. The van der Waals surface area contributed by atoms with Gasteiger partial charge in [-0.2, -0.15) is 5.10 Å². The minimum Gasteiger partial charge on any atom is -0.335 e. The molecule has 26 heavy (non-hydrogen) atoms. The molecule has 2 aliphatic rings. The van der Waals surface area contributed by atoms with Crippen molar-refractivity contribution in [2.45, 2.75) is 32.2 Å². The fourth-order valence-electron chi connectivity index (χ4n) is 4.16. The van der Waals surface area contributed by atoms with E-state index in [-0.39, 0.29) is 5.91 Å². The predicted octanol–water partition coefficient (Wildman–Crippen LogP) is 3.32. The molecular formula is C19H19N5OS. The summed E-state index contributed by atoms with van der Waals surface area (Å²) < 4.78 is 1.67. The number of rotatable bonds is 3. The molecule has 5 rings (SSSR count). The van der Waals surface area contributed by atoms with Crippen LogP contribution in [0.2, 0.25) is 0 Å². The van der Waals surface area contributed by atoms with E-state index in [1.807, 2.05) is 35.4 Å². The Balaban J connectivity index is 1.47. The van der Waals surface area contributed by atoms with Crippen LogP contribution < -0.4 is 0 Å². The first-order valence-corrected chi connectivity index (χ1v) is 9.81. The second-order valence-corrected chi connectivity index (χ2v) is 8.01. The van der Waals surface area contributed by atoms with Crippen molar-refractivity contribution < 1.29 is 4.79 Å². The van der Waals surface area contributed by atoms with Crippen molar-refractivity contribution >= 4 is 17.2 Å². The molecule has 3 aromatic rings. The highest BCUT2D eigenvalue weighted by atomic mass is 32.1. The Bertz CT molecular complexity index is 964. The minimum absolute atomic E-state index is 0.0929. The van der Waals surface area contributed by atoms with Crippen molar-refractivity contribution in [3.8, 4) is 16.5 Å². The zero-order valence-electron chi connectivity index (χ0n) is 14.5. The van der Waals surface area contributed by atoms with Crippen LogP contribution in [0.3, 0.4) is 0 Å². The number of nitrogens with zero attached hydrogens (tertiary/aromatic N) is 5. The van der Waals surface area contributed by atoms with Gasteiger partial charge in [0.15, 0.2) is 0 Å². The van der Waals surface area contributed by atoms with Gasteiger partial charge in [0.25, 0.3) is 11.9 Å². The molecule has 1 saturated carbocycles. The van der Waals surface area contributed by atoms with Crippen molar-refractivity contribution in [2.24, 2.45) is 5.92 Å². The van der Waals surface area contributed by atoms with Gasteiger partial charge in [-0.1, -0.05) is 6.07 Å². The van der Waals surface area contributed by atoms with Crippen LogP contribution in [0.25, 0.3) is 16.5 Å². The molecule has 4 heterocycles. The standard InChI is InChI=1S/C19H19N5OS/c1-12-15(18(25)23-11-13-4-5-14(23)9-13)10-21-24(12)19-20-7-6-16(22-19)17-3-2-8-26-17/h2-3,6-8,10,13-14H,4-5,9,11H2,1H3/t13-,14+/m1/s1. The summed E-state index contributed by atoms with van der Waals surface area (Å²) >= 11 is 1.64. The number of hydrogen-bond donors (Lipinski definition) is 0. The van der Waals surface area contributed by atoms with E-state index in [1.54, 1.807) is 28.4 Å². The number of amides is 1. The molecule has 2 fully saturated rings. The summed E-state index contributed by atoms with van der Waals surface area (Å²) in [5.41, 5.74) is 2.31. The Morgan fingerprint density at radius 3 is 2.96 bits per heavy atom. The van der Waals surface area contributed by atoms with Gasteiger partial charge in [-0.15, -0.1) is 11.3 Å². The van der Waals surface area contributed by atoms with Crippen LogP contribution in [0.1, 0.15) is 35.3 Å². The lowest BCUT2D eigenvalue weighted by Gasteiger charge is -2.26. The van der Waals surface area contributed by atoms with E-state index in [4.69, 9.17) is 0 Å². The van der Waals surface area contributed by atoms with Gasteiger partial charge in [0, 0.05) is 18.8 Å². The van der Waals surface area contributed by atoms with Gasteiger partial charge in [0.1, 0.15) is 0 Å². The van der Waals surface area contributed by atoms with Crippen LogP contribution in [0, 0.1) is 12.8 Å². The largest absolute Gasteiger partial charge is 0.335 e. The highest BCUT2D eigenvalue weighted by molar-refractivity contribution is 7.13. The van der Waals surface area contributed by atoms with Gasteiger partial charge in [-0.25, -0.2) is 14.6 Å². The second-order valence-electron chi connectivity index (χ2n) is 7.07. The molecule has 0 unspecified atom stereocenters. The number of thiophene rings is 1. The predicted molar refractivity (Wildman–Crippen MR) is 99.4 cm³/mol. The van der Waals surface area contributed by atoms with Gasteiger partial charge in [-0.3, -0.25) is 4.79 Å². The average molecular weight is 365 g/mol. The highest BCUT2D eigenvalue weighted by Gasteiger charge is 2.41. The molecule has 7 heteroatoms. The average Bonchev–Trinajstić information content (AvgIpc) is 3.45. The molecule has 132 valence electrons. The topological polar surface area (TPSA) is 63.9 Å². The van der Waals surface area contributed by atoms with Crippen LogP contribution in [0.15, 0.2) is 36.0 Å². The molecule has 1 aliphatic heterocycles. The summed E-state index contributed by atoms with van der Waals surface area (Å²) in [6.07, 6.45) is 6.95. The molecular weight excluding hydrogens is 346 g/mol. The molecule has 2 atom stereocenters. The first kappa shape index (κ1) is 15.7. The van der Waals surface area contributed by atoms with Gasteiger partial charge in [0.05, 0.1) is 28.0 Å². The Hall–Kier alpha value is -2.54. The fraction of sp³-hybridized carbons (Fsp3) is 0.368. The third-order valence-corrected chi connectivity index (χ3v) is 6.41. The maximum Gasteiger partial charge on any atom is 0.257 e. The van der Waals surface area contributed by atoms with E-state index in [2.05, 4.69) is 15.1 Å². The Morgan fingerprint density at radius 1 is 1.31 bits per heavy atom. The van der Waals surface area contributed by atoms with Crippen molar-refractivity contribution in [1.82, 2.24) is 24.6 Å². The SMILES string of the molecule is Cc1c(C(=O)N2C[C@@H]3CC[C@H]2C3)cnn1-c1nccc(-c2cccs2)n1. The molecule has 1 aliphatic carbocycles. The third kappa shape index (κ3) is 2.46. The molecule has 0 N–H and O–H groups in total. The number of carbonyl (C=O) groups is 1. The molecule has 3 aromatic heterocycles. The van der Waals surface area contributed by atoms with Gasteiger partial charge in [0.2, 0.25) is 0 Å². The maximum atomic E-state index is 13.0. The van der Waals surface area contributed by atoms with Crippen molar-refractivity contribution in [1.29, 1.82) is 0 Å². The van der Waals surface area contributed by atoms with Crippen LogP contribution in [-0.4, -0.2) is 43.1 Å². The molecule has 1 saturated heterocycles. The molecule has 6 nitrogen and oxygen atoms in total. The summed E-state index contributed by atoms with van der Waals surface area (Å²) in [6.45, 7) is 2.80. The minimum atomic E-state index is 0.0929. The summed E-state index contributed by atoms with van der Waals surface area (Å²) in [5, 5.41) is 6.44. The number of hydrogen-bond acceptors (Lipinski definition) is 5. The summed E-state index contributed by atoms with van der Waals surface area (Å²) in [5.74, 6) is 1.27. The van der Waals surface area contributed by atoms with Crippen LogP contribution in [-0.2, 0) is 0 Å². The van der Waals surface area contributed by atoms with E-state index in [1.165, 1.54) is 6.42 Å². The van der Waals surface area contributed by atoms with E-state index in [0.717, 1.165) is 35.7 Å². The molecule has 1 amide bonds. The van der Waals surface area contributed by atoms with Crippen molar-refractivity contribution in [3.05, 3.63) is 47.2 Å². The lowest BCUT2D eigenvalue weighted by atomic mass is 10.1. The summed E-state index contributed by atoms with van der Waals surface area (Å²) in [7, 11) is 0. The maximum absolute atomic E-state index is 13.0. The van der Waals surface area contributed by atoms with E-state index in [9.17, 15) is 4.79 Å². The lowest BCUT2D eigenvalue weighted by molar-refractivity contribution is 0.0703. The lowest BCUT2D eigenvalue weighted by Crippen LogP contribution is -2.37. The third-order valence-electron chi connectivity index (χ3n) is 5.52. The quantitative estimate of drug-likeness (QED) is 0.714. The Morgan fingerprint density at radius 2 is 2.23 bits per heavy atom. The normalized spacial score (nSPS) is 21.5. The second kappa shape index (κ2) is 6.02.